The molecule has 0 heterocycles. The van der Waals surface area contributed by atoms with Crippen LogP contribution >= 0.6 is 0 Å². The summed E-state index contributed by atoms with van der Waals surface area (Å²) < 4.78 is 53.4. The molecule has 0 bridgehead atoms. The van der Waals surface area contributed by atoms with Gasteiger partial charge in [-0.05, 0) is 37.1 Å². The molecule has 0 saturated carbocycles. The Bertz CT molecular complexity index is 364. The fraction of sp³-hybridized carbons (Fsp3) is 0.538. The number of alkyl halides is 3. The van der Waals surface area contributed by atoms with Gasteiger partial charge < -0.3 is 10.1 Å². The first-order valence-electron chi connectivity index (χ1n) is 5.94. The van der Waals surface area contributed by atoms with Gasteiger partial charge in [-0.25, -0.2) is 4.39 Å². The van der Waals surface area contributed by atoms with Crippen LogP contribution in [0, 0.1) is 11.7 Å². The molecular weight excluding hydrogens is 262 g/mol. The Labute approximate surface area is 109 Å². The van der Waals surface area contributed by atoms with E-state index in [1.165, 1.54) is 12.1 Å². The third kappa shape index (κ3) is 7.12. The number of ether oxygens (including phenoxy) is 1. The van der Waals surface area contributed by atoms with Gasteiger partial charge in [0.25, 0.3) is 0 Å². The van der Waals surface area contributed by atoms with Crippen LogP contribution in [-0.2, 0) is 11.2 Å². The van der Waals surface area contributed by atoms with E-state index in [4.69, 9.17) is 0 Å². The molecule has 0 spiro atoms. The normalized spacial score (nSPS) is 13.5. The van der Waals surface area contributed by atoms with E-state index in [1.807, 2.05) is 0 Å². The molecule has 0 amide bonds. The third-order valence-corrected chi connectivity index (χ3v) is 2.55. The Hall–Kier alpha value is -1.14. The molecule has 1 rings (SSSR count). The number of hydrogen-bond donors (Lipinski definition) is 1. The summed E-state index contributed by atoms with van der Waals surface area (Å²) in [6, 6.07) is 5.92. The molecule has 1 aromatic carbocycles. The molecule has 1 N–H and O–H groups in total. The first kappa shape index (κ1) is 15.9. The highest BCUT2D eigenvalue weighted by molar-refractivity contribution is 5.16. The van der Waals surface area contributed by atoms with Crippen LogP contribution in [0.3, 0.4) is 0 Å². The minimum Gasteiger partial charge on any atom is -0.372 e. The highest BCUT2D eigenvalue weighted by Crippen LogP contribution is 2.16. The predicted octanol–water partition coefficient (Wildman–Crippen LogP) is 2.78. The molecule has 0 fully saturated rings. The van der Waals surface area contributed by atoms with Crippen molar-refractivity contribution in [3.63, 3.8) is 0 Å². The van der Waals surface area contributed by atoms with Crippen LogP contribution in [0.2, 0.25) is 0 Å². The van der Waals surface area contributed by atoms with E-state index in [0.717, 1.165) is 5.56 Å². The number of benzene rings is 1. The number of nitrogens with one attached hydrogen (secondary N) is 1. The Balaban J connectivity index is 2.45. The van der Waals surface area contributed by atoms with Crippen LogP contribution in [-0.4, -0.2) is 33.0 Å². The summed E-state index contributed by atoms with van der Waals surface area (Å²) in [6.07, 6.45) is -3.76. The quantitative estimate of drug-likeness (QED) is 0.775. The van der Waals surface area contributed by atoms with Crippen LogP contribution in [0.4, 0.5) is 17.6 Å². The van der Waals surface area contributed by atoms with Gasteiger partial charge in [0.15, 0.2) is 0 Å². The van der Waals surface area contributed by atoms with E-state index in [1.54, 1.807) is 19.2 Å². The zero-order chi connectivity index (χ0) is 14.3. The Morgan fingerprint density at radius 2 is 1.84 bits per heavy atom. The summed E-state index contributed by atoms with van der Waals surface area (Å²) in [6.45, 7) is -0.691. The molecular formula is C13H17F4NO. The van der Waals surface area contributed by atoms with Crippen LogP contribution < -0.4 is 5.32 Å². The molecule has 0 saturated heterocycles. The van der Waals surface area contributed by atoms with E-state index in [0.29, 0.717) is 13.0 Å². The predicted molar refractivity (Wildman–Crippen MR) is 64.4 cm³/mol. The fourth-order valence-corrected chi connectivity index (χ4v) is 1.77. The lowest BCUT2D eigenvalue weighted by Crippen LogP contribution is -2.27. The standard InChI is InChI=1S/C13H17F4NO/c1-18-7-11(8-19-9-13(15,16)17)6-10-2-4-12(14)5-3-10/h2-5,11,18H,6-9H2,1H3. The minimum absolute atomic E-state index is 0.0116. The molecule has 0 radical (unpaired) electrons. The zero-order valence-electron chi connectivity index (χ0n) is 10.6. The molecule has 108 valence electrons. The van der Waals surface area contributed by atoms with Gasteiger partial charge in [0.2, 0.25) is 0 Å². The summed E-state index contributed by atoms with van der Waals surface area (Å²) >= 11 is 0. The molecule has 2 nitrogen and oxygen atoms in total. The lowest BCUT2D eigenvalue weighted by atomic mass is 10.00. The average Bonchev–Trinajstić information content (AvgIpc) is 2.30. The van der Waals surface area contributed by atoms with Gasteiger partial charge >= 0.3 is 6.18 Å². The maximum absolute atomic E-state index is 12.7. The van der Waals surface area contributed by atoms with Crippen molar-refractivity contribution in [2.45, 2.75) is 12.6 Å². The van der Waals surface area contributed by atoms with Crippen molar-refractivity contribution in [3.8, 4) is 0 Å². The monoisotopic (exact) mass is 279 g/mol. The van der Waals surface area contributed by atoms with E-state index in [-0.39, 0.29) is 18.3 Å². The maximum Gasteiger partial charge on any atom is 0.411 e. The van der Waals surface area contributed by atoms with Gasteiger partial charge in [-0.2, -0.15) is 13.2 Å². The second-order valence-corrected chi connectivity index (χ2v) is 4.38. The SMILES string of the molecule is CNCC(COCC(F)(F)F)Cc1ccc(F)cc1. The summed E-state index contributed by atoms with van der Waals surface area (Å²) in [5.41, 5.74) is 0.872. The van der Waals surface area contributed by atoms with Gasteiger partial charge in [-0.3, -0.25) is 0 Å². The smallest absolute Gasteiger partial charge is 0.372 e. The lowest BCUT2D eigenvalue weighted by Gasteiger charge is -2.17. The first-order chi connectivity index (χ1) is 8.90. The molecule has 1 atom stereocenters. The molecule has 1 aromatic rings. The minimum atomic E-state index is -4.31. The van der Waals surface area contributed by atoms with Crippen molar-refractivity contribution in [1.29, 1.82) is 0 Å². The topological polar surface area (TPSA) is 21.3 Å². The number of halogens is 4. The van der Waals surface area contributed by atoms with Crippen molar-refractivity contribution >= 4 is 0 Å². The second-order valence-electron chi connectivity index (χ2n) is 4.38. The molecule has 0 aliphatic carbocycles. The summed E-state index contributed by atoms with van der Waals surface area (Å²) in [7, 11) is 1.72. The van der Waals surface area contributed by atoms with Gasteiger partial charge in [-0.1, -0.05) is 12.1 Å². The van der Waals surface area contributed by atoms with Crippen molar-refractivity contribution in [2.24, 2.45) is 5.92 Å². The Morgan fingerprint density at radius 1 is 1.21 bits per heavy atom. The van der Waals surface area contributed by atoms with Crippen LogP contribution in [0.5, 0.6) is 0 Å². The van der Waals surface area contributed by atoms with Crippen molar-refractivity contribution < 1.29 is 22.3 Å². The van der Waals surface area contributed by atoms with Crippen LogP contribution in [0.25, 0.3) is 0 Å². The highest BCUT2D eigenvalue weighted by Gasteiger charge is 2.27. The average molecular weight is 279 g/mol. The third-order valence-electron chi connectivity index (χ3n) is 2.55. The van der Waals surface area contributed by atoms with Crippen LogP contribution in [0.15, 0.2) is 24.3 Å². The number of rotatable bonds is 7. The van der Waals surface area contributed by atoms with Gasteiger partial charge in [0.05, 0.1) is 6.61 Å². The summed E-state index contributed by atoms with van der Waals surface area (Å²) in [4.78, 5) is 0. The fourth-order valence-electron chi connectivity index (χ4n) is 1.77. The van der Waals surface area contributed by atoms with Gasteiger partial charge in [0, 0.05) is 6.54 Å². The van der Waals surface area contributed by atoms with E-state index in [9.17, 15) is 17.6 Å². The van der Waals surface area contributed by atoms with Crippen molar-refractivity contribution in [1.82, 2.24) is 5.32 Å². The molecule has 6 heteroatoms. The summed E-state index contributed by atoms with van der Waals surface area (Å²) in [5.74, 6) is -0.417. The number of hydrogen-bond acceptors (Lipinski definition) is 2. The molecule has 0 aromatic heterocycles. The maximum atomic E-state index is 12.7. The first-order valence-corrected chi connectivity index (χ1v) is 5.94. The molecule has 1 unspecified atom stereocenters. The van der Waals surface area contributed by atoms with Gasteiger partial charge in [-0.15, -0.1) is 0 Å². The highest BCUT2D eigenvalue weighted by atomic mass is 19.4. The molecule has 0 aliphatic rings. The summed E-state index contributed by atoms with van der Waals surface area (Å²) in [5, 5.41) is 2.91. The van der Waals surface area contributed by atoms with Crippen LogP contribution in [0.1, 0.15) is 5.56 Å². The largest absolute Gasteiger partial charge is 0.411 e. The van der Waals surface area contributed by atoms with Crippen molar-refractivity contribution in [3.05, 3.63) is 35.6 Å². The second kappa shape index (κ2) is 7.45. The van der Waals surface area contributed by atoms with E-state index < -0.39 is 12.8 Å². The Morgan fingerprint density at radius 3 is 2.37 bits per heavy atom. The van der Waals surface area contributed by atoms with Gasteiger partial charge in [0.1, 0.15) is 12.4 Å². The Kier molecular flexibility index (Phi) is 6.24. The molecule has 19 heavy (non-hydrogen) atoms. The zero-order valence-corrected chi connectivity index (χ0v) is 10.6. The lowest BCUT2D eigenvalue weighted by molar-refractivity contribution is -0.176. The van der Waals surface area contributed by atoms with E-state index >= 15 is 0 Å². The molecule has 0 aliphatic heterocycles. The van der Waals surface area contributed by atoms with Crippen molar-refractivity contribution in [2.75, 3.05) is 26.8 Å². The van der Waals surface area contributed by atoms with E-state index in [2.05, 4.69) is 10.1 Å².